The molecular weight excluding hydrogens is 338 g/mol. The second-order valence-electron chi connectivity index (χ2n) is 3.90. The minimum Gasteiger partial charge on any atom is -0.378 e. The van der Waals surface area contributed by atoms with Gasteiger partial charge in [-0.25, -0.2) is 0 Å². The summed E-state index contributed by atoms with van der Waals surface area (Å²) in [7, 11) is 0. The highest BCUT2D eigenvalue weighted by Crippen LogP contribution is 2.42. The number of anilines is 1. The highest BCUT2D eigenvalue weighted by Gasteiger charge is 2.29. The number of hydrogen-bond acceptors (Lipinski definition) is 7. The number of amides is 1. The molecule has 2 N–H and O–H groups in total. The number of aromatic nitrogens is 2. The molecule has 9 heteroatoms. The molecule has 0 saturated carbocycles. The Hall–Kier alpha value is -0.800. The van der Waals surface area contributed by atoms with Crippen LogP contribution in [0.1, 0.15) is 11.7 Å². The number of nitrogens with zero attached hydrogens (tertiary/aromatic N) is 2. The summed E-state index contributed by atoms with van der Waals surface area (Å²) in [4.78, 5) is 12.2. The van der Waals surface area contributed by atoms with E-state index in [-0.39, 0.29) is 0 Å². The largest absolute Gasteiger partial charge is 0.378 e. The summed E-state index contributed by atoms with van der Waals surface area (Å²) >= 11 is 10.6. The van der Waals surface area contributed by atoms with Crippen LogP contribution in [0.15, 0.2) is 25.7 Å². The van der Waals surface area contributed by atoms with Crippen molar-refractivity contribution in [2.75, 3.05) is 11.6 Å². The molecule has 1 aliphatic rings. The summed E-state index contributed by atoms with van der Waals surface area (Å²) in [6.45, 7) is 0. The van der Waals surface area contributed by atoms with E-state index in [4.69, 9.17) is 11.6 Å². The summed E-state index contributed by atoms with van der Waals surface area (Å²) in [5.41, 5.74) is 1.09. The van der Waals surface area contributed by atoms with Crippen molar-refractivity contribution >= 4 is 58.1 Å². The van der Waals surface area contributed by atoms with Gasteiger partial charge in [0.25, 0.3) is 5.91 Å². The molecule has 1 amide bonds. The third kappa shape index (κ3) is 2.53. The van der Waals surface area contributed by atoms with Gasteiger partial charge in [-0.2, -0.15) is 0 Å². The van der Waals surface area contributed by atoms with Gasteiger partial charge in [0.2, 0.25) is 0 Å². The average molecular weight is 346 g/mol. The fraction of sp³-hybridized carbons (Fsp3) is 0.182. The molecule has 1 aliphatic heterocycles. The first-order valence-corrected chi connectivity index (χ1v) is 8.70. The van der Waals surface area contributed by atoms with E-state index < -0.39 is 12.0 Å². The van der Waals surface area contributed by atoms with Gasteiger partial charge in [-0.3, -0.25) is 4.79 Å². The minimum absolute atomic E-state index is 0.432. The van der Waals surface area contributed by atoms with Crippen LogP contribution in [0.3, 0.4) is 0 Å². The van der Waals surface area contributed by atoms with Crippen LogP contribution in [0, 0.1) is 0 Å². The van der Waals surface area contributed by atoms with Crippen LogP contribution in [-0.4, -0.2) is 27.5 Å². The van der Waals surface area contributed by atoms with E-state index in [1.54, 1.807) is 12.1 Å². The molecule has 0 spiro atoms. The number of carbonyl (C=O) groups excluding carboxylic acids is 1. The monoisotopic (exact) mass is 345 g/mol. The summed E-state index contributed by atoms with van der Waals surface area (Å²) in [5.74, 6) is -0.432. The zero-order chi connectivity index (χ0) is 14.3. The highest BCUT2D eigenvalue weighted by molar-refractivity contribution is 8.03. The van der Waals surface area contributed by atoms with Gasteiger partial charge in [0.1, 0.15) is 0 Å². The highest BCUT2D eigenvalue weighted by atomic mass is 35.5. The van der Waals surface area contributed by atoms with Gasteiger partial charge in [-0.15, -0.1) is 10.2 Å². The SMILES string of the molecule is CSc1nnc(Sc2cc3c(cc2Cl)C(O)C(=O)N3)s1. The Balaban J connectivity index is 1.91. The zero-order valence-corrected chi connectivity index (χ0v) is 13.3. The lowest BCUT2D eigenvalue weighted by Gasteiger charge is -2.06. The molecule has 2 heterocycles. The minimum atomic E-state index is -1.15. The van der Waals surface area contributed by atoms with Crippen molar-refractivity contribution in [1.82, 2.24) is 10.2 Å². The number of halogens is 1. The normalized spacial score (nSPS) is 17.1. The zero-order valence-electron chi connectivity index (χ0n) is 10.1. The molecule has 1 aromatic heterocycles. The standard InChI is InChI=1S/C11H8ClN3O2S3/c1-18-10-14-15-11(20-10)19-7-3-6-4(2-5(7)12)8(16)9(17)13-6/h2-3,8,16H,1H3,(H,13,17). The fourth-order valence-electron chi connectivity index (χ4n) is 1.74. The lowest BCUT2D eigenvalue weighted by atomic mass is 10.1. The predicted octanol–water partition coefficient (Wildman–Crippen LogP) is 3.05. The van der Waals surface area contributed by atoms with E-state index in [0.29, 0.717) is 16.3 Å². The Bertz CT molecular complexity index is 692. The van der Waals surface area contributed by atoms with Crippen molar-refractivity contribution < 1.29 is 9.90 Å². The molecule has 0 saturated heterocycles. The van der Waals surface area contributed by atoms with Crippen molar-refractivity contribution in [2.45, 2.75) is 19.7 Å². The van der Waals surface area contributed by atoms with E-state index in [1.165, 1.54) is 34.9 Å². The summed E-state index contributed by atoms with van der Waals surface area (Å²) in [6, 6.07) is 3.36. The Labute approximate surface area is 132 Å². The molecule has 1 atom stereocenters. The van der Waals surface area contributed by atoms with Crippen LogP contribution < -0.4 is 5.32 Å². The number of nitrogens with one attached hydrogen (secondary N) is 1. The number of benzene rings is 1. The molecule has 104 valence electrons. The predicted molar refractivity (Wildman–Crippen MR) is 80.9 cm³/mol. The third-order valence-electron chi connectivity index (χ3n) is 2.66. The second kappa shape index (κ2) is 5.53. The molecule has 20 heavy (non-hydrogen) atoms. The Morgan fingerprint density at radius 1 is 1.40 bits per heavy atom. The molecule has 3 rings (SSSR count). The molecular formula is C11H8ClN3O2S3. The van der Waals surface area contributed by atoms with E-state index >= 15 is 0 Å². The molecule has 1 aromatic carbocycles. The second-order valence-corrected chi connectivity index (χ2v) is 7.63. The van der Waals surface area contributed by atoms with E-state index in [0.717, 1.165) is 13.6 Å². The molecule has 1 unspecified atom stereocenters. The summed E-state index contributed by atoms with van der Waals surface area (Å²) < 4.78 is 1.66. The number of carbonyl (C=O) groups is 1. The summed E-state index contributed by atoms with van der Waals surface area (Å²) in [6.07, 6.45) is 0.792. The van der Waals surface area contributed by atoms with Crippen LogP contribution in [0.4, 0.5) is 5.69 Å². The first-order valence-electron chi connectivity index (χ1n) is 5.46. The Morgan fingerprint density at radius 2 is 2.15 bits per heavy atom. The average Bonchev–Trinajstić information content (AvgIpc) is 2.98. The van der Waals surface area contributed by atoms with Gasteiger partial charge in [0.15, 0.2) is 14.8 Å². The third-order valence-corrected chi connectivity index (χ3v) is 6.10. The van der Waals surface area contributed by atoms with Crippen molar-refractivity contribution in [2.24, 2.45) is 0 Å². The smallest absolute Gasteiger partial charge is 0.257 e. The quantitative estimate of drug-likeness (QED) is 0.833. The van der Waals surface area contributed by atoms with Crippen molar-refractivity contribution in [3.05, 3.63) is 22.7 Å². The van der Waals surface area contributed by atoms with Crippen molar-refractivity contribution in [3.8, 4) is 0 Å². The molecule has 0 bridgehead atoms. The maximum absolute atomic E-state index is 11.4. The fourth-order valence-corrected chi connectivity index (χ4v) is 4.47. The van der Waals surface area contributed by atoms with Gasteiger partial charge >= 0.3 is 0 Å². The first-order chi connectivity index (χ1) is 9.58. The number of thioether (sulfide) groups is 1. The maximum Gasteiger partial charge on any atom is 0.257 e. The number of rotatable bonds is 3. The summed E-state index contributed by atoms with van der Waals surface area (Å²) in [5, 5.41) is 20.9. The maximum atomic E-state index is 11.4. The number of aliphatic hydroxyl groups is 1. The van der Waals surface area contributed by atoms with Crippen LogP contribution in [0.5, 0.6) is 0 Å². The number of aliphatic hydroxyl groups excluding tert-OH is 1. The lowest BCUT2D eigenvalue weighted by Crippen LogP contribution is -2.10. The van der Waals surface area contributed by atoms with Crippen LogP contribution in [0.2, 0.25) is 5.02 Å². The molecule has 0 fully saturated rings. The van der Waals surface area contributed by atoms with Gasteiger partial charge in [-0.1, -0.05) is 46.5 Å². The van der Waals surface area contributed by atoms with Gasteiger partial charge in [0, 0.05) is 16.1 Å². The van der Waals surface area contributed by atoms with E-state index in [2.05, 4.69) is 15.5 Å². The van der Waals surface area contributed by atoms with Crippen LogP contribution in [-0.2, 0) is 4.79 Å². The number of fused-ring (bicyclic) bond motifs is 1. The van der Waals surface area contributed by atoms with Crippen LogP contribution >= 0.6 is 46.5 Å². The molecule has 0 radical (unpaired) electrons. The topological polar surface area (TPSA) is 75.1 Å². The lowest BCUT2D eigenvalue weighted by molar-refractivity contribution is -0.123. The Morgan fingerprint density at radius 3 is 2.85 bits per heavy atom. The van der Waals surface area contributed by atoms with Crippen molar-refractivity contribution in [1.29, 1.82) is 0 Å². The van der Waals surface area contributed by atoms with E-state index in [9.17, 15) is 9.90 Å². The van der Waals surface area contributed by atoms with Gasteiger partial charge < -0.3 is 10.4 Å². The molecule has 2 aromatic rings. The van der Waals surface area contributed by atoms with Gasteiger partial charge in [-0.05, 0) is 18.4 Å². The van der Waals surface area contributed by atoms with Crippen LogP contribution in [0.25, 0.3) is 0 Å². The van der Waals surface area contributed by atoms with E-state index in [1.807, 2.05) is 6.26 Å². The van der Waals surface area contributed by atoms with Crippen molar-refractivity contribution in [3.63, 3.8) is 0 Å². The van der Waals surface area contributed by atoms with Gasteiger partial charge in [0.05, 0.1) is 5.02 Å². The molecule has 0 aliphatic carbocycles. The number of hydrogen-bond donors (Lipinski definition) is 2. The Kier molecular flexibility index (Phi) is 3.91. The first kappa shape index (κ1) is 14.2. The molecule has 5 nitrogen and oxygen atoms in total.